The van der Waals surface area contributed by atoms with Crippen molar-refractivity contribution in [2.75, 3.05) is 14.2 Å². The molecule has 0 aliphatic heterocycles. The number of carbonyl (C=O) groups excluding carboxylic acids is 1. The predicted octanol–water partition coefficient (Wildman–Crippen LogP) is 3.33. The lowest BCUT2D eigenvalue weighted by Gasteiger charge is -2.08. The Kier molecular flexibility index (Phi) is 6.87. The summed E-state index contributed by atoms with van der Waals surface area (Å²) in [6.07, 6.45) is 3.07. The van der Waals surface area contributed by atoms with E-state index in [1.54, 1.807) is 49.7 Å². The summed E-state index contributed by atoms with van der Waals surface area (Å²) >= 11 is 5.99. The highest BCUT2D eigenvalue weighted by Crippen LogP contribution is 2.26. The van der Waals surface area contributed by atoms with Crippen LogP contribution in [0.25, 0.3) is 0 Å². The van der Waals surface area contributed by atoms with Crippen molar-refractivity contribution in [2.24, 2.45) is 5.10 Å². The summed E-state index contributed by atoms with van der Waals surface area (Å²) in [5.41, 5.74) is 3.50. The number of benzene rings is 2. The third kappa shape index (κ3) is 5.07. The molecule has 0 saturated heterocycles. The van der Waals surface area contributed by atoms with E-state index in [1.807, 2.05) is 12.1 Å². The van der Waals surface area contributed by atoms with Crippen molar-refractivity contribution >= 4 is 23.7 Å². The number of hydrogen-bond donors (Lipinski definition) is 1. The van der Waals surface area contributed by atoms with E-state index in [-0.39, 0.29) is 5.56 Å². The molecule has 0 atom stereocenters. The zero-order valence-electron chi connectivity index (χ0n) is 16.5. The van der Waals surface area contributed by atoms with E-state index in [4.69, 9.17) is 21.1 Å². The molecular weight excluding hydrogens is 406 g/mol. The second-order valence-corrected chi connectivity index (χ2v) is 6.73. The van der Waals surface area contributed by atoms with Crippen molar-refractivity contribution in [2.45, 2.75) is 6.54 Å². The minimum Gasteiger partial charge on any atom is -0.493 e. The molecule has 0 aliphatic carbocycles. The molecule has 7 nitrogen and oxygen atoms in total. The third-order valence-electron chi connectivity index (χ3n) is 4.29. The molecule has 30 heavy (non-hydrogen) atoms. The second-order valence-electron chi connectivity index (χ2n) is 6.30. The number of nitrogens with one attached hydrogen (secondary N) is 1. The highest BCUT2D eigenvalue weighted by atomic mass is 35.5. The Hall–Kier alpha value is -3.58. The average Bonchev–Trinajstić information content (AvgIpc) is 2.75. The van der Waals surface area contributed by atoms with E-state index in [9.17, 15) is 9.59 Å². The van der Waals surface area contributed by atoms with Crippen molar-refractivity contribution in [1.82, 2.24) is 9.99 Å². The Labute approximate surface area is 178 Å². The van der Waals surface area contributed by atoms with Gasteiger partial charge in [0.25, 0.3) is 11.5 Å². The van der Waals surface area contributed by atoms with Gasteiger partial charge >= 0.3 is 0 Å². The number of rotatable bonds is 7. The summed E-state index contributed by atoms with van der Waals surface area (Å²) in [6, 6.07) is 15.5. The number of hydrogen-bond acceptors (Lipinski definition) is 5. The Bertz CT molecular complexity index is 1140. The van der Waals surface area contributed by atoms with Gasteiger partial charge in [0.1, 0.15) is 5.56 Å². The van der Waals surface area contributed by atoms with E-state index in [0.717, 1.165) is 5.56 Å². The molecular formula is C22H20ClN3O4. The maximum Gasteiger partial charge on any atom is 0.276 e. The zero-order valence-corrected chi connectivity index (χ0v) is 17.2. The fraction of sp³-hybridized carbons (Fsp3) is 0.136. The van der Waals surface area contributed by atoms with Gasteiger partial charge in [0.2, 0.25) is 0 Å². The highest BCUT2D eigenvalue weighted by Gasteiger charge is 2.12. The molecule has 0 bridgehead atoms. The number of methoxy groups -OCH3 is 2. The normalized spacial score (nSPS) is 10.8. The van der Waals surface area contributed by atoms with Crippen LogP contribution in [0.15, 0.2) is 70.7 Å². The first-order chi connectivity index (χ1) is 14.5. The molecule has 2 aromatic carbocycles. The molecule has 0 aliphatic rings. The van der Waals surface area contributed by atoms with Crippen LogP contribution in [0, 0.1) is 0 Å². The summed E-state index contributed by atoms with van der Waals surface area (Å²) in [5.74, 6) is 0.528. The van der Waals surface area contributed by atoms with Gasteiger partial charge in [-0.25, -0.2) is 5.43 Å². The zero-order chi connectivity index (χ0) is 21.5. The van der Waals surface area contributed by atoms with Gasteiger partial charge in [0.15, 0.2) is 11.5 Å². The maximum atomic E-state index is 12.7. The molecule has 0 unspecified atom stereocenters. The molecule has 1 amide bonds. The van der Waals surface area contributed by atoms with Gasteiger partial charge in [-0.3, -0.25) is 9.59 Å². The Morgan fingerprint density at radius 2 is 1.90 bits per heavy atom. The van der Waals surface area contributed by atoms with Crippen molar-refractivity contribution < 1.29 is 14.3 Å². The summed E-state index contributed by atoms with van der Waals surface area (Å²) in [6.45, 7) is 0.301. The summed E-state index contributed by atoms with van der Waals surface area (Å²) in [4.78, 5) is 25.1. The van der Waals surface area contributed by atoms with Crippen LogP contribution < -0.4 is 20.5 Å². The van der Waals surface area contributed by atoms with E-state index >= 15 is 0 Å². The fourth-order valence-corrected chi connectivity index (χ4v) is 3.04. The quantitative estimate of drug-likeness (QED) is 0.465. The maximum absolute atomic E-state index is 12.7. The molecule has 3 aromatic rings. The number of ether oxygens (including phenoxy) is 2. The van der Waals surface area contributed by atoms with Crippen LogP contribution in [0.4, 0.5) is 0 Å². The molecule has 154 valence electrons. The molecule has 8 heteroatoms. The second kappa shape index (κ2) is 9.76. The van der Waals surface area contributed by atoms with Crippen LogP contribution in [0.5, 0.6) is 11.5 Å². The standard InChI is InChI=1S/C22H20ClN3O4/c1-29-19-9-8-15(12-20(19)30-2)13-24-25-21(27)18-7-4-10-26(22(18)28)14-16-5-3-6-17(23)11-16/h3-13H,14H2,1-2H3,(H,25,27)/b24-13-. The number of hydrazone groups is 1. The first-order valence-electron chi connectivity index (χ1n) is 9.01. The van der Waals surface area contributed by atoms with Gasteiger partial charge in [-0.05, 0) is 53.6 Å². The summed E-state index contributed by atoms with van der Waals surface area (Å²) < 4.78 is 11.9. The minimum absolute atomic E-state index is 0.0102. The SMILES string of the molecule is COc1ccc(/C=N\NC(=O)c2cccn(Cc3cccc(Cl)c3)c2=O)cc1OC. The summed E-state index contributed by atoms with van der Waals surface area (Å²) in [7, 11) is 3.08. The van der Waals surface area contributed by atoms with Gasteiger partial charge in [-0.2, -0.15) is 5.10 Å². The molecule has 0 spiro atoms. The topological polar surface area (TPSA) is 81.9 Å². The lowest BCUT2D eigenvalue weighted by Crippen LogP contribution is -2.30. The number of carbonyl (C=O) groups is 1. The molecule has 1 heterocycles. The van der Waals surface area contributed by atoms with Gasteiger partial charge in [0.05, 0.1) is 27.0 Å². The Morgan fingerprint density at radius 1 is 1.10 bits per heavy atom. The van der Waals surface area contributed by atoms with Crippen LogP contribution in [-0.2, 0) is 6.54 Å². The lowest BCUT2D eigenvalue weighted by atomic mass is 10.2. The molecule has 1 aromatic heterocycles. The van der Waals surface area contributed by atoms with Crippen LogP contribution in [0.2, 0.25) is 5.02 Å². The molecule has 0 saturated carbocycles. The van der Waals surface area contributed by atoms with Crippen LogP contribution in [-0.4, -0.2) is 30.9 Å². The number of pyridine rings is 1. The third-order valence-corrected chi connectivity index (χ3v) is 4.53. The number of halogens is 1. The van der Waals surface area contributed by atoms with Crippen LogP contribution in [0.3, 0.4) is 0 Å². The van der Waals surface area contributed by atoms with Crippen LogP contribution >= 0.6 is 11.6 Å². The van der Waals surface area contributed by atoms with E-state index in [0.29, 0.717) is 28.6 Å². The number of nitrogens with zero attached hydrogens (tertiary/aromatic N) is 2. The van der Waals surface area contributed by atoms with Crippen LogP contribution in [0.1, 0.15) is 21.5 Å². The monoisotopic (exact) mass is 425 g/mol. The van der Waals surface area contributed by atoms with E-state index in [2.05, 4.69) is 10.5 Å². The predicted molar refractivity (Wildman–Crippen MR) is 116 cm³/mol. The van der Waals surface area contributed by atoms with Gasteiger partial charge in [-0.15, -0.1) is 0 Å². The largest absolute Gasteiger partial charge is 0.493 e. The molecule has 0 fully saturated rings. The smallest absolute Gasteiger partial charge is 0.276 e. The highest BCUT2D eigenvalue weighted by molar-refractivity contribution is 6.30. The average molecular weight is 426 g/mol. The van der Waals surface area contributed by atoms with Gasteiger partial charge < -0.3 is 14.0 Å². The van der Waals surface area contributed by atoms with Gasteiger partial charge in [0, 0.05) is 11.2 Å². The molecule has 3 rings (SSSR count). The first-order valence-corrected chi connectivity index (χ1v) is 9.39. The number of aromatic nitrogens is 1. The Morgan fingerprint density at radius 3 is 2.63 bits per heavy atom. The molecule has 1 N–H and O–H groups in total. The number of amides is 1. The molecule has 0 radical (unpaired) electrons. The fourth-order valence-electron chi connectivity index (χ4n) is 2.82. The lowest BCUT2D eigenvalue weighted by molar-refractivity contribution is 0.0953. The van der Waals surface area contributed by atoms with Crippen molar-refractivity contribution in [3.8, 4) is 11.5 Å². The van der Waals surface area contributed by atoms with Crippen molar-refractivity contribution in [1.29, 1.82) is 0 Å². The van der Waals surface area contributed by atoms with E-state index in [1.165, 1.54) is 24.0 Å². The summed E-state index contributed by atoms with van der Waals surface area (Å²) in [5, 5.41) is 4.51. The Balaban J connectivity index is 1.73. The minimum atomic E-state index is -0.600. The van der Waals surface area contributed by atoms with Gasteiger partial charge in [-0.1, -0.05) is 23.7 Å². The van der Waals surface area contributed by atoms with Crippen molar-refractivity contribution in [3.63, 3.8) is 0 Å². The van der Waals surface area contributed by atoms with E-state index < -0.39 is 11.5 Å². The van der Waals surface area contributed by atoms with Crippen molar-refractivity contribution in [3.05, 3.63) is 92.9 Å². The first kappa shape index (κ1) is 21.1.